The normalized spacial score (nSPS) is 17.8. The molecule has 2 heterocycles. The minimum Gasteiger partial charge on any atom is -0.308 e. The lowest BCUT2D eigenvalue weighted by Crippen LogP contribution is -2.12. The van der Waals surface area contributed by atoms with Crippen molar-refractivity contribution in [1.29, 1.82) is 5.26 Å². The predicted molar refractivity (Wildman–Crippen MR) is 77.4 cm³/mol. The molecule has 20 heavy (non-hydrogen) atoms. The molecule has 1 atom stereocenters. The van der Waals surface area contributed by atoms with Gasteiger partial charge in [0.25, 0.3) is 0 Å². The van der Waals surface area contributed by atoms with E-state index in [1.165, 1.54) is 0 Å². The van der Waals surface area contributed by atoms with Crippen LogP contribution in [0.25, 0.3) is 0 Å². The van der Waals surface area contributed by atoms with E-state index in [1.807, 2.05) is 19.1 Å². The molecule has 0 bridgehead atoms. The molecule has 1 aromatic heterocycles. The molecular weight excluding hydrogens is 272 g/mol. The molecule has 1 aliphatic heterocycles. The SMILES string of the molecule is Cc1[nH]nc2c1[C@@H](c1ccc(C#N)cc1)SCC(=O)N2. The van der Waals surface area contributed by atoms with Crippen LogP contribution >= 0.6 is 11.8 Å². The number of anilines is 1. The smallest absolute Gasteiger partial charge is 0.235 e. The predicted octanol–water partition coefficient (Wildman–Crippen LogP) is 2.36. The number of nitrogens with one attached hydrogen (secondary N) is 2. The van der Waals surface area contributed by atoms with E-state index in [4.69, 9.17) is 5.26 Å². The number of fused-ring (bicyclic) bond motifs is 1. The fourth-order valence-electron chi connectivity index (χ4n) is 2.26. The Morgan fingerprint density at radius 1 is 1.40 bits per heavy atom. The second-order valence-corrected chi connectivity index (χ2v) is 5.68. The summed E-state index contributed by atoms with van der Waals surface area (Å²) in [5, 5.41) is 18.8. The van der Waals surface area contributed by atoms with Crippen LogP contribution < -0.4 is 5.32 Å². The summed E-state index contributed by atoms with van der Waals surface area (Å²) in [5.74, 6) is 0.950. The molecule has 1 amide bonds. The zero-order valence-electron chi connectivity index (χ0n) is 10.8. The van der Waals surface area contributed by atoms with Crippen molar-refractivity contribution in [2.24, 2.45) is 0 Å². The van der Waals surface area contributed by atoms with Crippen molar-refractivity contribution in [3.8, 4) is 6.07 Å². The highest BCUT2D eigenvalue weighted by Crippen LogP contribution is 2.42. The largest absolute Gasteiger partial charge is 0.308 e. The monoisotopic (exact) mass is 284 g/mol. The van der Waals surface area contributed by atoms with Crippen LogP contribution in [0.15, 0.2) is 24.3 Å². The van der Waals surface area contributed by atoms with Gasteiger partial charge >= 0.3 is 0 Å². The molecule has 1 aliphatic rings. The first kappa shape index (κ1) is 12.8. The zero-order chi connectivity index (χ0) is 14.1. The second-order valence-electron chi connectivity index (χ2n) is 4.58. The van der Waals surface area contributed by atoms with Gasteiger partial charge in [0.1, 0.15) is 0 Å². The van der Waals surface area contributed by atoms with Crippen LogP contribution in [-0.2, 0) is 4.79 Å². The zero-order valence-corrected chi connectivity index (χ0v) is 11.6. The molecule has 2 aromatic rings. The molecule has 1 aromatic carbocycles. The van der Waals surface area contributed by atoms with E-state index in [-0.39, 0.29) is 11.2 Å². The van der Waals surface area contributed by atoms with Gasteiger partial charge in [0, 0.05) is 11.3 Å². The van der Waals surface area contributed by atoms with Gasteiger partial charge in [-0.3, -0.25) is 9.89 Å². The number of aromatic amines is 1. The van der Waals surface area contributed by atoms with Crippen molar-refractivity contribution < 1.29 is 4.79 Å². The van der Waals surface area contributed by atoms with Crippen LogP contribution in [0.1, 0.15) is 27.6 Å². The Labute approximate surface area is 120 Å². The number of hydrogen-bond acceptors (Lipinski definition) is 4. The van der Waals surface area contributed by atoms with Crippen LogP contribution in [0.3, 0.4) is 0 Å². The number of thioether (sulfide) groups is 1. The number of aryl methyl sites for hydroxylation is 1. The fraction of sp³-hybridized carbons (Fsp3) is 0.214. The standard InChI is InChI=1S/C14H12N4OS/c1-8-12-13(10-4-2-9(6-15)3-5-10)20-7-11(19)16-14(12)18-17-8/h2-5,13H,7H2,1H3,(H2,16,17,18,19)/t13-/m1/s1. The maximum absolute atomic E-state index is 11.7. The molecule has 6 heteroatoms. The molecule has 3 rings (SSSR count). The van der Waals surface area contributed by atoms with E-state index < -0.39 is 0 Å². The maximum atomic E-state index is 11.7. The third-order valence-corrected chi connectivity index (χ3v) is 4.51. The van der Waals surface area contributed by atoms with E-state index in [0.717, 1.165) is 16.8 Å². The topological polar surface area (TPSA) is 81.6 Å². The summed E-state index contributed by atoms with van der Waals surface area (Å²) in [6.07, 6.45) is 0. The molecule has 0 saturated carbocycles. The molecule has 0 aliphatic carbocycles. The Morgan fingerprint density at radius 2 is 2.15 bits per heavy atom. The van der Waals surface area contributed by atoms with Crippen molar-refractivity contribution >= 4 is 23.5 Å². The van der Waals surface area contributed by atoms with E-state index in [0.29, 0.717) is 17.1 Å². The van der Waals surface area contributed by atoms with Crippen LogP contribution in [0.2, 0.25) is 0 Å². The first-order valence-electron chi connectivity index (χ1n) is 6.15. The fourth-order valence-corrected chi connectivity index (χ4v) is 3.45. The van der Waals surface area contributed by atoms with Gasteiger partial charge in [0.15, 0.2) is 5.82 Å². The number of nitriles is 1. The molecule has 0 spiro atoms. The summed E-state index contributed by atoms with van der Waals surface area (Å²) in [6, 6.07) is 9.57. The van der Waals surface area contributed by atoms with E-state index >= 15 is 0 Å². The van der Waals surface area contributed by atoms with Crippen LogP contribution in [0, 0.1) is 18.3 Å². The van der Waals surface area contributed by atoms with Gasteiger partial charge in [0.05, 0.1) is 22.6 Å². The van der Waals surface area contributed by atoms with Crippen molar-refractivity contribution in [3.63, 3.8) is 0 Å². The van der Waals surface area contributed by atoms with Gasteiger partial charge in [-0.1, -0.05) is 12.1 Å². The average Bonchev–Trinajstić information content (AvgIpc) is 2.72. The highest BCUT2D eigenvalue weighted by Gasteiger charge is 2.27. The minimum atomic E-state index is -0.0427. The number of benzene rings is 1. The number of carbonyl (C=O) groups excluding carboxylic acids is 1. The number of nitrogens with zero attached hydrogens (tertiary/aromatic N) is 2. The lowest BCUT2D eigenvalue weighted by molar-refractivity contribution is -0.113. The second kappa shape index (κ2) is 5.02. The first-order chi connectivity index (χ1) is 9.69. The molecule has 0 radical (unpaired) electrons. The van der Waals surface area contributed by atoms with Crippen molar-refractivity contribution in [2.75, 3.05) is 11.1 Å². The quantitative estimate of drug-likeness (QED) is 0.842. The molecule has 0 fully saturated rings. The third-order valence-electron chi connectivity index (χ3n) is 3.24. The highest BCUT2D eigenvalue weighted by molar-refractivity contribution is 8.00. The van der Waals surface area contributed by atoms with Crippen molar-refractivity contribution in [3.05, 3.63) is 46.6 Å². The van der Waals surface area contributed by atoms with Crippen molar-refractivity contribution in [1.82, 2.24) is 10.2 Å². The summed E-state index contributed by atoms with van der Waals surface area (Å²) < 4.78 is 0. The Morgan fingerprint density at radius 3 is 2.85 bits per heavy atom. The lowest BCUT2D eigenvalue weighted by Gasteiger charge is -2.15. The van der Waals surface area contributed by atoms with Gasteiger partial charge in [0.2, 0.25) is 5.91 Å². The van der Waals surface area contributed by atoms with Crippen LogP contribution in [0.4, 0.5) is 5.82 Å². The number of H-pyrrole nitrogens is 1. The Balaban J connectivity index is 2.06. The van der Waals surface area contributed by atoms with Gasteiger partial charge < -0.3 is 5.32 Å². The summed E-state index contributed by atoms with van der Waals surface area (Å²) in [5.41, 5.74) is 3.65. The van der Waals surface area contributed by atoms with Gasteiger partial charge in [-0.05, 0) is 24.6 Å². The Hall–Kier alpha value is -2.26. The third kappa shape index (κ3) is 2.17. The molecule has 5 nitrogen and oxygen atoms in total. The first-order valence-corrected chi connectivity index (χ1v) is 7.20. The Bertz CT molecular complexity index is 699. The van der Waals surface area contributed by atoms with Gasteiger partial charge in [-0.2, -0.15) is 10.4 Å². The average molecular weight is 284 g/mol. The van der Waals surface area contributed by atoms with Gasteiger partial charge in [-0.15, -0.1) is 11.8 Å². The van der Waals surface area contributed by atoms with E-state index in [9.17, 15) is 4.79 Å². The summed E-state index contributed by atoms with van der Waals surface area (Å²) in [4.78, 5) is 11.7. The molecule has 0 unspecified atom stereocenters. The summed E-state index contributed by atoms with van der Waals surface area (Å²) in [7, 11) is 0. The molecule has 2 N–H and O–H groups in total. The summed E-state index contributed by atoms with van der Waals surface area (Å²) in [6.45, 7) is 1.94. The number of aromatic nitrogens is 2. The maximum Gasteiger partial charge on any atom is 0.235 e. The number of rotatable bonds is 1. The van der Waals surface area contributed by atoms with Crippen LogP contribution in [0.5, 0.6) is 0 Å². The Kier molecular flexibility index (Phi) is 3.20. The molecule has 100 valence electrons. The number of carbonyl (C=O) groups is 1. The number of amides is 1. The van der Waals surface area contributed by atoms with E-state index in [1.54, 1.807) is 23.9 Å². The number of hydrogen-bond donors (Lipinski definition) is 2. The minimum absolute atomic E-state index is 0.0374. The van der Waals surface area contributed by atoms with Crippen LogP contribution in [-0.4, -0.2) is 21.9 Å². The molecular formula is C14H12N4OS. The van der Waals surface area contributed by atoms with E-state index in [2.05, 4.69) is 21.6 Å². The van der Waals surface area contributed by atoms with Crippen molar-refractivity contribution in [2.45, 2.75) is 12.2 Å². The lowest BCUT2D eigenvalue weighted by atomic mass is 10.0. The van der Waals surface area contributed by atoms with Gasteiger partial charge in [-0.25, -0.2) is 0 Å². The highest BCUT2D eigenvalue weighted by atomic mass is 32.2. The molecule has 0 saturated heterocycles. The summed E-state index contributed by atoms with van der Waals surface area (Å²) >= 11 is 1.57.